The lowest BCUT2D eigenvalue weighted by atomic mass is 10.1. The minimum absolute atomic E-state index is 0.0725. The fourth-order valence-electron chi connectivity index (χ4n) is 1.41. The van der Waals surface area contributed by atoms with E-state index in [4.69, 9.17) is 0 Å². The number of hydrogen-bond acceptors (Lipinski definition) is 4. The van der Waals surface area contributed by atoms with Gasteiger partial charge in [0.1, 0.15) is 0 Å². The summed E-state index contributed by atoms with van der Waals surface area (Å²) in [4.78, 5) is 10.1. The number of sulfonamides is 1. The molecule has 0 saturated heterocycles. The van der Waals surface area contributed by atoms with E-state index in [1.54, 1.807) is 13.8 Å². The largest absolute Gasteiger partial charge is 0.273 e. The molecule has 0 fully saturated rings. The predicted octanol–water partition coefficient (Wildman–Crippen LogP) is 1.68. The van der Waals surface area contributed by atoms with Gasteiger partial charge in [0.2, 0.25) is 10.0 Å². The third kappa shape index (κ3) is 2.93. The Morgan fingerprint density at radius 1 is 1.44 bits per heavy atom. The molecule has 0 aliphatic heterocycles. The smallest absolute Gasteiger partial charge is 0.258 e. The Balaban J connectivity index is 3.35. The Labute approximate surface area is 106 Å². The molecule has 0 spiro atoms. The second kappa shape index (κ2) is 5.28. The summed E-state index contributed by atoms with van der Waals surface area (Å²) in [7, 11) is -3.74. The van der Waals surface area contributed by atoms with Crippen molar-refractivity contribution >= 4 is 15.7 Å². The molecular weight excluding hydrogens is 256 g/mol. The predicted molar refractivity (Wildman–Crippen MR) is 68.0 cm³/mol. The van der Waals surface area contributed by atoms with E-state index < -0.39 is 14.9 Å². The topological polar surface area (TPSA) is 89.3 Å². The van der Waals surface area contributed by atoms with Crippen LogP contribution in [0.3, 0.4) is 0 Å². The monoisotopic (exact) mass is 270 g/mol. The van der Waals surface area contributed by atoms with Crippen LogP contribution in [0, 0.1) is 24.0 Å². The Morgan fingerprint density at radius 3 is 2.56 bits per heavy atom. The zero-order chi connectivity index (χ0) is 13.9. The van der Waals surface area contributed by atoms with Crippen molar-refractivity contribution in [1.82, 2.24) is 4.72 Å². The zero-order valence-electron chi connectivity index (χ0n) is 10.1. The van der Waals surface area contributed by atoms with Crippen LogP contribution >= 0.6 is 0 Å². The van der Waals surface area contributed by atoms with Crippen molar-refractivity contribution < 1.29 is 13.3 Å². The average Bonchev–Trinajstić information content (AvgIpc) is 2.29. The maximum atomic E-state index is 11.8. The van der Waals surface area contributed by atoms with Gasteiger partial charge in [0, 0.05) is 18.2 Å². The molecule has 0 unspecified atom stereocenters. The molecule has 0 aliphatic rings. The van der Waals surface area contributed by atoms with Gasteiger partial charge in [0.25, 0.3) is 5.69 Å². The van der Waals surface area contributed by atoms with Gasteiger partial charge in [-0.15, -0.1) is 6.58 Å². The molecule has 6 nitrogen and oxygen atoms in total. The first-order chi connectivity index (χ1) is 8.29. The molecule has 1 aromatic carbocycles. The van der Waals surface area contributed by atoms with Gasteiger partial charge in [-0.3, -0.25) is 10.1 Å². The number of benzene rings is 1. The van der Waals surface area contributed by atoms with E-state index in [0.717, 1.165) is 6.07 Å². The van der Waals surface area contributed by atoms with Crippen LogP contribution in [0.25, 0.3) is 0 Å². The van der Waals surface area contributed by atoms with E-state index in [9.17, 15) is 18.5 Å². The summed E-state index contributed by atoms with van der Waals surface area (Å²) in [5.74, 6) is 0. The van der Waals surface area contributed by atoms with E-state index in [-0.39, 0.29) is 17.1 Å². The highest BCUT2D eigenvalue weighted by Gasteiger charge is 2.20. The van der Waals surface area contributed by atoms with Gasteiger partial charge in [-0.25, -0.2) is 13.1 Å². The summed E-state index contributed by atoms with van der Waals surface area (Å²) in [6.45, 7) is 6.69. The number of aryl methyl sites for hydroxylation is 1. The number of rotatable bonds is 5. The van der Waals surface area contributed by atoms with Gasteiger partial charge in [-0.2, -0.15) is 0 Å². The maximum Gasteiger partial charge on any atom is 0.273 e. The molecule has 0 aromatic heterocycles. The highest BCUT2D eigenvalue weighted by molar-refractivity contribution is 7.89. The van der Waals surface area contributed by atoms with Crippen molar-refractivity contribution in [3.05, 3.63) is 46.0 Å². The van der Waals surface area contributed by atoms with Crippen molar-refractivity contribution in [2.45, 2.75) is 18.7 Å². The van der Waals surface area contributed by atoms with Crippen LogP contribution in [0.2, 0.25) is 0 Å². The second-order valence-corrected chi connectivity index (χ2v) is 5.55. The molecule has 1 N–H and O–H groups in total. The SMILES string of the molecule is C=CCNS(=O)(=O)c1cc(C)c(C)c([N+](=O)[O-])c1. The van der Waals surface area contributed by atoms with E-state index in [1.807, 2.05) is 0 Å². The minimum atomic E-state index is -3.74. The highest BCUT2D eigenvalue weighted by Crippen LogP contribution is 2.25. The molecular formula is C11H14N2O4S. The van der Waals surface area contributed by atoms with Crippen LogP contribution in [-0.2, 0) is 10.0 Å². The summed E-state index contributed by atoms with van der Waals surface area (Å²) in [6.07, 6.45) is 1.40. The summed E-state index contributed by atoms with van der Waals surface area (Å²) >= 11 is 0. The van der Waals surface area contributed by atoms with E-state index in [0.29, 0.717) is 11.1 Å². The number of hydrogen-bond donors (Lipinski definition) is 1. The van der Waals surface area contributed by atoms with Gasteiger partial charge >= 0.3 is 0 Å². The average molecular weight is 270 g/mol. The summed E-state index contributed by atoms with van der Waals surface area (Å²) in [6, 6.07) is 2.47. The van der Waals surface area contributed by atoms with E-state index in [1.165, 1.54) is 12.1 Å². The Bertz CT molecular complexity index is 593. The second-order valence-electron chi connectivity index (χ2n) is 3.78. The Hall–Kier alpha value is -1.73. The number of nitro benzene ring substituents is 1. The van der Waals surface area contributed by atoms with E-state index in [2.05, 4.69) is 11.3 Å². The first-order valence-electron chi connectivity index (χ1n) is 5.16. The van der Waals surface area contributed by atoms with Crippen LogP contribution in [0.4, 0.5) is 5.69 Å². The molecule has 1 aromatic rings. The first kappa shape index (κ1) is 14.3. The van der Waals surface area contributed by atoms with Crippen molar-refractivity contribution in [2.24, 2.45) is 0 Å². The molecule has 0 amide bonds. The number of nitrogens with zero attached hydrogens (tertiary/aromatic N) is 1. The molecule has 0 radical (unpaired) electrons. The summed E-state index contributed by atoms with van der Waals surface area (Å²) in [5.41, 5.74) is 0.819. The molecule has 0 heterocycles. The van der Waals surface area contributed by atoms with Gasteiger partial charge in [0.15, 0.2) is 0 Å². The standard InChI is InChI=1S/C11H14N2O4S/c1-4-5-12-18(16,17)10-6-8(2)9(3)11(7-10)13(14)15/h4,6-7,12H,1,5H2,2-3H3. The molecule has 7 heteroatoms. The van der Waals surface area contributed by atoms with Crippen LogP contribution in [-0.4, -0.2) is 19.9 Å². The first-order valence-corrected chi connectivity index (χ1v) is 6.64. The molecule has 0 aliphatic carbocycles. The van der Waals surface area contributed by atoms with Crippen molar-refractivity contribution in [3.8, 4) is 0 Å². The molecule has 0 atom stereocenters. The van der Waals surface area contributed by atoms with Gasteiger partial charge in [-0.1, -0.05) is 6.08 Å². The van der Waals surface area contributed by atoms with Crippen molar-refractivity contribution in [1.29, 1.82) is 0 Å². The van der Waals surface area contributed by atoms with Gasteiger partial charge < -0.3 is 0 Å². The van der Waals surface area contributed by atoms with E-state index >= 15 is 0 Å². The third-order valence-electron chi connectivity index (χ3n) is 2.54. The lowest BCUT2D eigenvalue weighted by molar-refractivity contribution is -0.385. The zero-order valence-corrected chi connectivity index (χ0v) is 11.0. The molecule has 98 valence electrons. The maximum absolute atomic E-state index is 11.8. The fraction of sp³-hybridized carbons (Fsp3) is 0.273. The molecule has 18 heavy (non-hydrogen) atoms. The minimum Gasteiger partial charge on any atom is -0.258 e. The molecule has 0 saturated carbocycles. The third-order valence-corrected chi connectivity index (χ3v) is 3.94. The summed E-state index contributed by atoms with van der Waals surface area (Å²) < 4.78 is 26.0. The van der Waals surface area contributed by atoms with Crippen molar-refractivity contribution in [2.75, 3.05) is 6.54 Å². The van der Waals surface area contributed by atoms with Crippen molar-refractivity contribution in [3.63, 3.8) is 0 Å². The number of nitrogens with one attached hydrogen (secondary N) is 1. The van der Waals surface area contributed by atoms with Crippen LogP contribution < -0.4 is 4.72 Å². The normalized spacial score (nSPS) is 11.2. The van der Waals surface area contributed by atoms with Crippen LogP contribution in [0.5, 0.6) is 0 Å². The fourth-order valence-corrected chi connectivity index (χ4v) is 2.51. The highest BCUT2D eigenvalue weighted by atomic mass is 32.2. The molecule has 0 bridgehead atoms. The van der Waals surface area contributed by atoms with Gasteiger partial charge in [-0.05, 0) is 25.5 Å². The lowest BCUT2D eigenvalue weighted by Crippen LogP contribution is -2.23. The van der Waals surface area contributed by atoms with Crippen LogP contribution in [0.1, 0.15) is 11.1 Å². The summed E-state index contributed by atoms with van der Waals surface area (Å²) in [5, 5.41) is 10.8. The number of nitro groups is 1. The Morgan fingerprint density at radius 2 is 2.06 bits per heavy atom. The van der Waals surface area contributed by atoms with Crippen LogP contribution in [0.15, 0.2) is 29.7 Å². The lowest BCUT2D eigenvalue weighted by Gasteiger charge is -2.08. The quantitative estimate of drug-likeness (QED) is 0.500. The molecule has 1 rings (SSSR count). The van der Waals surface area contributed by atoms with Gasteiger partial charge in [0.05, 0.1) is 9.82 Å². The Kier molecular flexibility index (Phi) is 4.20.